The minimum Gasteiger partial charge on any atom is -0.446 e. The minimum atomic E-state index is -0.944. The smallest absolute Gasteiger partial charge is 0.412 e. The molecule has 0 spiro atoms. The van der Waals surface area contributed by atoms with Gasteiger partial charge in [0.15, 0.2) is 34.9 Å². The van der Waals surface area contributed by atoms with Gasteiger partial charge in [-0.3, -0.25) is 41.5 Å². The first-order chi connectivity index (χ1) is 59.7. The highest BCUT2D eigenvalue weighted by Crippen LogP contribution is 2.38. The Morgan fingerprint density at radius 1 is 0.304 bits per heavy atom. The number of pyridine rings is 3. The molecule has 5 aliphatic carbocycles. The van der Waals surface area contributed by atoms with Crippen molar-refractivity contribution in [2.45, 2.75) is 162 Å². The van der Waals surface area contributed by atoms with Gasteiger partial charge in [-0.1, -0.05) is 30.3 Å². The monoisotopic (exact) mass is 1740 g/mol. The maximum Gasteiger partial charge on any atom is 0.412 e. The van der Waals surface area contributed by atoms with Gasteiger partial charge in [0.25, 0.3) is 0 Å². The number of anilines is 15. The summed E-state index contributed by atoms with van der Waals surface area (Å²) in [5, 5.41) is 25.7. The Balaban J connectivity index is 0.000000152. The van der Waals surface area contributed by atoms with Crippen LogP contribution < -0.4 is 81.8 Å². The van der Waals surface area contributed by atoms with E-state index in [1.54, 1.807) is 58.2 Å². The zero-order chi connectivity index (χ0) is 89.9. The molecule has 15 rings (SSSR count). The number of hydrogen-bond acceptors (Lipinski definition) is 23. The lowest BCUT2D eigenvalue weighted by Gasteiger charge is -2.15. The van der Waals surface area contributed by atoms with E-state index in [4.69, 9.17) is 52.4 Å². The van der Waals surface area contributed by atoms with Gasteiger partial charge in [-0.15, -0.1) is 0 Å². The quantitative estimate of drug-likeness (QED) is 0.0144. The van der Waals surface area contributed by atoms with E-state index in [1.165, 1.54) is 85.2 Å². The summed E-state index contributed by atoms with van der Waals surface area (Å²) in [4.78, 5) is 70.3. The van der Waals surface area contributed by atoms with Crippen LogP contribution in [0.1, 0.15) is 120 Å². The Labute approximate surface area is 711 Å². The molecule has 3 heterocycles. The number of ether oxygens (including phenoxy) is 5. The van der Waals surface area contributed by atoms with Crippen molar-refractivity contribution < 1.29 is 91.6 Å². The average molecular weight is 1740 g/mol. The number of benzene rings is 7. The highest BCUT2D eigenvalue weighted by Gasteiger charge is 2.32. The van der Waals surface area contributed by atoms with E-state index in [-0.39, 0.29) is 142 Å². The fourth-order valence-electron chi connectivity index (χ4n) is 11.1. The van der Waals surface area contributed by atoms with Gasteiger partial charge < -0.3 is 78.9 Å². The van der Waals surface area contributed by atoms with Gasteiger partial charge in [0.05, 0.1) is 104 Å². The van der Waals surface area contributed by atoms with Crippen LogP contribution in [0.5, 0.6) is 0 Å². The van der Waals surface area contributed by atoms with Crippen molar-refractivity contribution in [1.82, 2.24) is 15.0 Å². The van der Waals surface area contributed by atoms with Crippen molar-refractivity contribution in [3.63, 3.8) is 0 Å². The van der Waals surface area contributed by atoms with E-state index in [1.807, 2.05) is 19.1 Å². The fourth-order valence-corrected chi connectivity index (χ4v) is 11.1. The summed E-state index contributed by atoms with van der Waals surface area (Å²) >= 11 is 0. The third-order valence-electron chi connectivity index (χ3n) is 19.0. The topological polar surface area (TPSA) is 421 Å². The molecule has 5 aliphatic rings. The van der Waals surface area contributed by atoms with Crippen LogP contribution in [0.15, 0.2) is 134 Å². The summed E-state index contributed by atoms with van der Waals surface area (Å²) < 4.78 is 166. The molecule has 660 valence electrons. The minimum absolute atomic E-state index is 0.00102. The van der Waals surface area contributed by atoms with Gasteiger partial charge in [0, 0.05) is 66.7 Å². The molecule has 0 unspecified atom stereocenters. The molecule has 0 aliphatic heterocycles. The summed E-state index contributed by atoms with van der Waals surface area (Å²) in [6.07, 6.45) is 9.04. The van der Waals surface area contributed by atoms with Crippen LogP contribution in [0.25, 0.3) is 0 Å². The van der Waals surface area contributed by atoms with E-state index < -0.39 is 94.2 Å². The summed E-state index contributed by atoms with van der Waals surface area (Å²) in [6, 6.07) is 28.5. The normalized spacial score (nSPS) is 13.4. The molecule has 38 heteroatoms. The first kappa shape index (κ1) is 91.4. The van der Waals surface area contributed by atoms with E-state index in [0.29, 0.717) is 34.5 Å². The highest BCUT2D eigenvalue weighted by molar-refractivity contribution is 5.94. The van der Waals surface area contributed by atoms with Gasteiger partial charge in [-0.05, 0) is 200 Å². The molecule has 0 bridgehead atoms. The summed E-state index contributed by atoms with van der Waals surface area (Å²) in [5.74, 6) is -6.38. The molecule has 3 aromatic heterocycles. The van der Waals surface area contributed by atoms with Crippen molar-refractivity contribution in [2.24, 2.45) is 0 Å². The van der Waals surface area contributed by atoms with Crippen molar-refractivity contribution in [3.05, 3.63) is 248 Å². The number of amides is 5. The molecular formula is C87H92F10N18O10. The number of nitrogens with one attached hydrogen (secondary N) is 10. The van der Waals surface area contributed by atoms with Gasteiger partial charge in [0.2, 0.25) is 0 Å². The number of halogens is 10. The van der Waals surface area contributed by atoms with E-state index in [0.717, 1.165) is 92.7 Å². The summed E-state index contributed by atoms with van der Waals surface area (Å²) in [5.41, 5.74) is 33.4. The summed E-state index contributed by atoms with van der Waals surface area (Å²) in [7, 11) is 0. The van der Waals surface area contributed by atoms with Crippen molar-refractivity contribution in [1.29, 1.82) is 0 Å². The number of nitrogens with two attached hydrogens (primary N) is 5. The van der Waals surface area contributed by atoms with E-state index >= 15 is 0 Å². The Bertz CT molecular complexity index is 5270. The summed E-state index contributed by atoms with van der Waals surface area (Å²) in [6.45, 7) is 9.37. The molecule has 7 aromatic carbocycles. The highest BCUT2D eigenvalue weighted by atomic mass is 19.2. The molecule has 5 amide bonds. The molecule has 5 fully saturated rings. The number of carbonyl (C=O) groups excluding carboxylic acids is 5. The maximum absolute atomic E-state index is 14.4. The van der Waals surface area contributed by atoms with E-state index in [2.05, 4.69) is 68.1 Å². The van der Waals surface area contributed by atoms with Crippen molar-refractivity contribution >= 4 is 116 Å². The predicted molar refractivity (Wildman–Crippen MR) is 455 cm³/mol. The van der Waals surface area contributed by atoms with E-state index in [9.17, 15) is 67.9 Å². The number of aryl methyl sites for hydroxylation is 5. The Morgan fingerprint density at radius 2 is 0.624 bits per heavy atom. The number of carbonyl (C=O) groups is 5. The van der Waals surface area contributed by atoms with Crippen LogP contribution >= 0.6 is 0 Å². The number of hydrogen-bond donors (Lipinski definition) is 15. The molecule has 0 atom stereocenters. The lowest BCUT2D eigenvalue weighted by atomic mass is 10.1. The molecular weight excluding hydrogens is 1650 g/mol. The standard InChI is InChI=1S/C18H18F3N3O2.C18H19F2N3O2.2C17H18F2N4O2.C17H19FN4O2/c1-9-2-3-10(12(19)6-9)8-23-14-7-13(20)17(16(22)15(14)21)24-18(25)26-11-4-5-11;1-10-2-3-11(13(19)8-10)9-22-14-6-7-15(17(21)16(14)20)23-18(24)25-12-4-5-12;1-9-6-12(18)10(7-21-9)8-22-13-4-5-14(16(20)15(13)19)23-17(24)25-11-2-3-11;1-9-6-11(18)14(21-7-9)8-22-12-4-5-13(16(20)15(12)19)23-17(24)25-10-2-3-10;1-10-2-3-11(20-8-10)9-21-13-6-7-14(16(19)15(13)18)22-17(23)24-12-4-5-12/h2-3,6-7,11,23H,4-5,8,22H2,1H3,(H,24,25);2-3,6-8,12,22H,4-5,9,21H2,1H3,(H,23,24);4-7,11,22H,2-3,8,20H2,1H3,(H,23,24);4-7,10,22H,2-3,8,20H2,1H3,(H,23,24);2-3,6-8,12,21H,4-5,9,19H2,1H3,(H,22,23). The van der Waals surface area contributed by atoms with Gasteiger partial charge in [0.1, 0.15) is 59.5 Å². The predicted octanol–water partition coefficient (Wildman–Crippen LogP) is 19.1. The zero-order valence-corrected chi connectivity index (χ0v) is 68.3. The second kappa shape index (κ2) is 41.9. The van der Waals surface area contributed by atoms with Crippen molar-refractivity contribution in [2.75, 3.05) is 81.8 Å². The maximum atomic E-state index is 14.4. The third-order valence-corrected chi connectivity index (χ3v) is 19.0. The van der Waals surface area contributed by atoms with Crippen LogP contribution in [0.2, 0.25) is 0 Å². The first-order valence-corrected chi connectivity index (χ1v) is 39.5. The van der Waals surface area contributed by atoms with Crippen molar-refractivity contribution in [3.8, 4) is 0 Å². The SMILES string of the molecule is Cc1cc(F)c(CNc2ccc(NC(=O)OC3CC3)c(N)c2F)cn1.Cc1ccc(CNc2cc(F)c(NC(=O)OC3CC3)c(N)c2F)c(F)c1.Cc1ccc(CNc2ccc(NC(=O)OC3CC3)c(N)c2F)c(F)c1.Cc1ccc(CNc2ccc(NC(=O)OC3CC3)c(N)c2F)nc1.Cc1cnc(CNc2ccc(NC(=O)OC3CC3)c(N)c2F)c(F)c1. The second-order valence-corrected chi connectivity index (χ2v) is 29.9. The Hall–Kier alpha value is -14.4. The third kappa shape index (κ3) is 27.3. The lowest BCUT2D eigenvalue weighted by molar-refractivity contribution is 0.153. The molecule has 10 aromatic rings. The van der Waals surface area contributed by atoms with Crippen LogP contribution in [-0.4, -0.2) is 75.9 Å². The molecule has 0 saturated heterocycles. The number of aromatic nitrogens is 3. The van der Waals surface area contributed by atoms with Crippen LogP contribution in [0, 0.1) is 92.8 Å². The number of rotatable bonds is 25. The largest absolute Gasteiger partial charge is 0.446 e. The van der Waals surface area contributed by atoms with Crippen LogP contribution in [0.3, 0.4) is 0 Å². The van der Waals surface area contributed by atoms with Gasteiger partial charge in [-0.25, -0.2) is 67.9 Å². The fraction of sp³-hybridized carbons (Fsp3) is 0.287. The zero-order valence-electron chi connectivity index (χ0n) is 68.3. The number of nitrogens with zero attached hydrogens (tertiary/aromatic N) is 3. The average Bonchev–Trinajstić information content (AvgIpc) is 1.65. The second-order valence-electron chi connectivity index (χ2n) is 29.9. The van der Waals surface area contributed by atoms with Crippen LogP contribution in [-0.2, 0) is 56.4 Å². The molecule has 125 heavy (non-hydrogen) atoms. The van der Waals surface area contributed by atoms with Gasteiger partial charge in [-0.2, -0.15) is 0 Å². The van der Waals surface area contributed by atoms with Crippen LogP contribution in [0.4, 0.5) is 153 Å². The Morgan fingerprint density at radius 3 is 0.984 bits per heavy atom. The Kier molecular flexibility index (Phi) is 30.7. The number of nitrogen functional groups attached to an aromatic ring is 5. The molecule has 5 saturated carbocycles. The molecule has 28 nitrogen and oxygen atoms in total. The first-order valence-electron chi connectivity index (χ1n) is 39.5. The molecule has 20 N–H and O–H groups in total. The van der Waals surface area contributed by atoms with Gasteiger partial charge >= 0.3 is 30.5 Å². The molecule has 0 radical (unpaired) electrons. The lowest BCUT2D eigenvalue weighted by Crippen LogP contribution is -2.18.